The Labute approximate surface area is 101 Å². The van der Waals surface area contributed by atoms with Gasteiger partial charge in [-0.15, -0.1) is 0 Å². The van der Waals surface area contributed by atoms with E-state index in [0.29, 0.717) is 11.3 Å². The predicted molar refractivity (Wildman–Crippen MR) is 63.1 cm³/mol. The lowest BCUT2D eigenvalue weighted by atomic mass is 10.2. The molecule has 1 aromatic carbocycles. The van der Waals surface area contributed by atoms with Crippen LogP contribution in [0.25, 0.3) is 11.3 Å². The highest BCUT2D eigenvalue weighted by molar-refractivity contribution is 9.10. The van der Waals surface area contributed by atoms with Crippen LogP contribution in [-0.2, 0) is 10.0 Å². The molecule has 1 aromatic heterocycles. The lowest BCUT2D eigenvalue weighted by molar-refractivity contribution is 0.598. The van der Waals surface area contributed by atoms with Gasteiger partial charge in [-0.1, -0.05) is 34.1 Å². The number of sulfonamides is 1. The first-order valence-electron chi connectivity index (χ1n) is 4.31. The van der Waals surface area contributed by atoms with Crippen LogP contribution in [0.2, 0.25) is 0 Å². The van der Waals surface area contributed by atoms with Gasteiger partial charge in [-0.05, 0) is 6.07 Å². The van der Waals surface area contributed by atoms with Gasteiger partial charge in [0.1, 0.15) is 4.90 Å². The summed E-state index contributed by atoms with van der Waals surface area (Å²) >= 11 is 3.34. The summed E-state index contributed by atoms with van der Waals surface area (Å²) in [6.45, 7) is 0. The third-order valence-corrected chi connectivity index (χ3v) is 3.67. The molecule has 7 heteroatoms. The maximum atomic E-state index is 11.3. The monoisotopic (exact) mass is 301 g/mol. The van der Waals surface area contributed by atoms with Gasteiger partial charge in [0.2, 0.25) is 10.0 Å². The van der Waals surface area contributed by atoms with Gasteiger partial charge in [-0.3, -0.25) is 5.10 Å². The van der Waals surface area contributed by atoms with Crippen LogP contribution in [0.3, 0.4) is 0 Å². The smallest absolute Gasteiger partial charge is 0.241 e. The number of nitrogens with two attached hydrogens (primary N) is 1. The van der Waals surface area contributed by atoms with Crippen LogP contribution >= 0.6 is 15.9 Å². The predicted octanol–water partition coefficient (Wildman–Crippen LogP) is 1.49. The fraction of sp³-hybridized carbons (Fsp3) is 0. The van der Waals surface area contributed by atoms with E-state index < -0.39 is 10.0 Å². The van der Waals surface area contributed by atoms with E-state index in [4.69, 9.17) is 5.14 Å². The quantitative estimate of drug-likeness (QED) is 0.880. The number of benzene rings is 1. The van der Waals surface area contributed by atoms with Crippen molar-refractivity contribution in [2.45, 2.75) is 4.90 Å². The number of H-pyrrole nitrogens is 1. The summed E-state index contributed by atoms with van der Waals surface area (Å²) in [6.07, 6.45) is 1.20. The molecular formula is C9H8BrN3O2S. The molecule has 0 unspecified atom stereocenters. The zero-order chi connectivity index (χ0) is 11.8. The molecular weight excluding hydrogens is 294 g/mol. The molecule has 1 heterocycles. The second-order valence-corrected chi connectivity index (χ2v) is 5.52. The first kappa shape index (κ1) is 11.3. The van der Waals surface area contributed by atoms with Gasteiger partial charge < -0.3 is 0 Å². The summed E-state index contributed by atoms with van der Waals surface area (Å²) in [7, 11) is -3.77. The fourth-order valence-corrected chi connectivity index (χ4v) is 2.47. The molecule has 0 amide bonds. The molecule has 5 nitrogen and oxygen atoms in total. The van der Waals surface area contributed by atoms with Crippen molar-refractivity contribution in [1.29, 1.82) is 0 Å². The third kappa shape index (κ3) is 2.01. The number of hydrogen-bond donors (Lipinski definition) is 2. The highest BCUT2D eigenvalue weighted by Crippen LogP contribution is 2.30. The van der Waals surface area contributed by atoms with Crippen molar-refractivity contribution >= 4 is 26.0 Å². The normalized spacial score (nSPS) is 11.6. The molecule has 0 saturated carbocycles. The van der Waals surface area contributed by atoms with Gasteiger partial charge >= 0.3 is 0 Å². The third-order valence-electron chi connectivity index (χ3n) is 2.05. The van der Waals surface area contributed by atoms with Gasteiger partial charge in [-0.2, -0.15) is 5.10 Å². The molecule has 0 aliphatic rings. The van der Waals surface area contributed by atoms with E-state index in [1.165, 1.54) is 6.20 Å². The standard InChI is InChI=1S/C9H8BrN3O2S/c10-7-4-2-1-3-6(7)9-8(5-12-13-9)16(11,14)15/h1-5H,(H,12,13)(H2,11,14,15). The molecule has 2 rings (SSSR count). The van der Waals surface area contributed by atoms with E-state index in [-0.39, 0.29) is 4.90 Å². The van der Waals surface area contributed by atoms with Crippen molar-refractivity contribution in [2.24, 2.45) is 5.14 Å². The number of halogens is 1. The van der Waals surface area contributed by atoms with Crippen molar-refractivity contribution in [3.8, 4) is 11.3 Å². The summed E-state index contributed by atoms with van der Waals surface area (Å²) in [5, 5.41) is 11.4. The van der Waals surface area contributed by atoms with Crippen molar-refractivity contribution in [3.05, 3.63) is 34.9 Å². The Kier molecular flexibility index (Phi) is 2.83. The van der Waals surface area contributed by atoms with Gasteiger partial charge in [0.25, 0.3) is 0 Å². The van der Waals surface area contributed by atoms with Crippen molar-refractivity contribution in [3.63, 3.8) is 0 Å². The average molecular weight is 302 g/mol. The molecule has 0 atom stereocenters. The Balaban J connectivity index is 2.68. The molecule has 2 aromatic rings. The van der Waals surface area contributed by atoms with Crippen molar-refractivity contribution in [2.75, 3.05) is 0 Å². The molecule has 16 heavy (non-hydrogen) atoms. The van der Waals surface area contributed by atoms with Gasteiger partial charge in [0.05, 0.1) is 11.9 Å². The maximum absolute atomic E-state index is 11.3. The van der Waals surface area contributed by atoms with E-state index >= 15 is 0 Å². The average Bonchev–Trinajstić information content (AvgIpc) is 2.66. The number of aromatic nitrogens is 2. The second kappa shape index (κ2) is 4.00. The molecule has 0 bridgehead atoms. The molecule has 0 fully saturated rings. The van der Waals surface area contributed by atoms with E-state index in [9.17, 15) is 8.42 Å². The lowest BCUT2D eigenvalue weighted by Crippen LogP contribution is -2.12. The molecule has 84 valence electrons. The fourth-order valence-electron chi connectivity index (χ4n) is 1.35. The van der Waals surface area contributed by atoms with Crippen molar-refractivity contribution < 1.29 is 8.42 Å². The number of aromatic amines is 1. The van der Waals surface area contributed by atoms with E-state index in [2.05, 4.69) is 26.1 Å². The zero-order valence-corrected chi connectivity index (χ0v) is 10.4. The van der Waals surface area contributed by atoms with Crippen LogP contribution in [0, 0.1) is 0 Å². The SMILES string of the molecule is NS(=O)(=O)c1cn[nH]c1-c1ccccc1Br. The Morgan fingerprint density at radius 2 is 2.00 bits per heavy atom. The summed E-state index contributed by atoms with van der Waals surface area (Å²) in [6, 6.07) is 7.21. The summed E-state index contributed by atoms with van der Waals surface area (Å²) in [5.74, 6) is 0. The van der Waals surface area contributed by atoms with Crippen LogP contribution in [0.4, 0.5) is 0 Å². The largest absolute Gasteiger partial charge is 0.276 e. The van der Waals surface area contributed by atoms with Crippen LogP contribution in [0.15, 0.2) is 39.8 Å². The minimum Gasteiger partial charge on any atom is -0.276 e. The summed E-state index contributed by atoms with van der Waals surface area (Å²) < 4.78 is 23.4. The Morgan fingerprint density at radius 1 is 1.31 bits per heavy atom. The van der Waals surface area contributed by atoms with Gasteiger partial charge in [0, 0.05) is 10.0 Å². The molecule has 0 aliphatic carbocycles. The Hall–Kier alpha value is -1.18. The first-order valence-corrected chi connectivity index (χ1v) is 6.65. The molecule has 3 N–H and O–H groups in total. The minimum absolute atomic E-state index is 0.0144. The number of primary sulfonamides is 1. The van der Waals surface area contributed by atoms with Gasteiger partial charge in [0.15, 0.2) is 0 Å². The molecule has 0 aliphatic heterocycles. The number of nitrogens with one attached hydrogen (secondary N) is 1. The van der Waals surface area contributed by atoms with E-state index in [1.54, 1.807) is 12.1 Å². The summed E-state index contributed by atoms with van der Waals surface area (Å²) in [4.78, 5) is -0.0144. The molecule has 0 spiro atoms. The van der Waals surface area contributed by atoms with Crippen LogP contribution in [0.1, 0.15) is 0 Å². The summed E-state index contributed by atoms with van der Waals surface area (Å²) in [5.41, 5.74) is 1.08. The van der Waals surface area contributed by atoms with Gasteiger partial charge in [-0.25, -0.2) is 13.6 Å². The minimum atomic E-state index is -3.77. The number of nitrogens with zero attached hydrogens (tertiary/aromatic N) is 1. The van der Waals surface area contributed by atoms with Crippen LogP contribution in [0.5, 0.6) is 0 Å². The lowest BCUT2D eigenvalue weighted by Gasteiger charge is -2.03. The highest BCUT2D eigenvalue weighted by atomic mass is 79.9. The Morgan fingerprint density at radius 3 is 2.62 bits per heavy atom. The van der Waals surface area contributed by atoms with E-state index in [1.807, 2.05) is 12.1 Å². The highest BCUT2D eigenvalue weighted by Gasteiger charge is 2.18. The zero-order valence-electron chi connectivity index (χ0n) is 8.01. The Bertz CT molecular complexity index is 621. The van der Waals surface area contributed by atoms with Crippen LogP contribution < -0.4 is 5.14 Å². The second-order valence-electron chi connectivity index (χ2n) is 3.13. The maximum Gasteiger partial charge on any atom is 0.241 e. The molecule has 0 saturated heterocycles. The number of hydrogen-bond acceptors (Lipinski definition) is 3. The number of rotatable bonds is 2. The van der Waals surface area contributed by atoms with Crippen molar-refractivity contribution in [1.82, 2.24) is 10.2 Å². The molecule has 0 radical (unpaired) electrons. The van der Waals surface area contributed by atoms with E-state index in [0.717, 1.165) is 4.47 Å². The topological polar surface area (TPSA) is 88.8 Å². The van der Waals surface area contributed by atoms with Crippen LogP contribution in [-0.4, -0.2) is 18.6 Å². The first-order chi connectivity index (χ1) is 7.50.